The highest BCUT2D eigenvalue weighted by atomic mass is 35.5. The lowest BCUT2D eigenvalue weighted by Gasteiger charge is -2.22. The SMILES string of the molecule is O=C(C(Sc1nnc(COc2ccc(Cl)cc2)o1)c1ccccc1)N1CCCC1. The van der Waals surface area contributed by atoms with Crippen LogP contribution in [-0.4, -0.2) is 34.1 Å². The largest absolute Gasteiger partial charge is 0.484 e. The van der Waals surface area contributed by atoms with Crippen LogP contribution in [0.4, 0.5) is 0 Å². The lowest BCUT2D eigenvalue weighted by molar-refractivity contribution is -0.129. The maximum atomic E-state index is 13.1. The molecule has 1 aliphatic rings. The van der Waals surface area contributed by atoms with E-state index in [1.54, 1.807) is 24.3 Å². The first-order valence-electron chi connectivity index (χ1n) is 9.40. The Hall–Kier alpha value is -2.51. The van der Waals surface area contributed by atoms with Crippen molar-refractivity contribution in [1.29, 1.82) is 0 Å². The predicted molar refractivity (Wildman–Crippen MR) is 111 cm³/mol. The number of hydrogen-bond acceptors (Lipinski definition) is 6. The number of aromatic nitrogens is 2. The van der Waals surface area contributed by atoms with E-state index in [4.69, 9.17) is 20.8 Å². The quantitative estimate of drug-likeness (QED) is 0.504. The Morgan fingerprint density at radius 2 is 1.83 bits per heavy atom. The number of benzene rings is 2. The first-order valence-corrected chi connectivity index (χ1v) is 10.7. The van der Waals surface area contributed by atoms with Gasteiger partial charge in [0.2, 0.25) is 5.91 Å². The Balaban J connectivity index is 1.45. The molecule has 1 fully saturated rings. The maximum absolute atomic E-state index is 13.1. The fraction of sp³-hybridized carbons (Fsp3) is 0.286. The lowest BCUT2D eigenvalue weighted by atomic mass is 10.1. The minimum absolute atomic E-state index is 0.0795. The molecule has 150 valence electrons. The van der Waals surface area contributed by atoms with Gasteiger partial charge in [-0.25, -0.2) is 0 Å². The zero-order valence-corrected chi connectivity index (χ0v) is 17.2. The van der Waals surface area contributed by atoms with E-state index in [9.17, 15) is 4.79 Å². The molecule has 1 saturated heterocycles. The summed E-state index contributed by atoms with van der Waals surface area (Å²) in [5.74, 6) is 1.09. The molecule has 2 heterocycles. The standard InChI is InChI=1S/C21H20ClN3O3S/c22-16-8-10-17(11-9-16)27-14-18-23-24-21(28-18)29-19(15-6-2-1-3-7-15)20(26)25-12-4-5-13-25/h1-3,6-11,19H,4-5,12-14H2. The van der Waals surface area contributed by atoms with Gasteiger partial charge in [-0.2, -0.15) is 0 Å². The van der Waals surface area contributed by atoms with E-state index in [0.717, 1.165) is 31.5 Å². The number of rotatable bonds is 7. The molecule has 1 aromatic heterocycles. The third-order valence-electron chi connectivity index (χ3n) is 4.59. The fourth-order valence-corrected chi connectivity index (χ4v) is 4.22. The Morgan fingerprint density at radius 1 is 1.10 bits per heavy atom. The molecule has 0 spiro atoms. The first-order chi connectivity index (χ1) is 14.2. The van der Waals surface area contributed by atoms with Crippen LogP contribution in [0, 0.1) is 0 Å². The van der Waals surface area contributed by atoms with Gasteiger partial charge >= 0.3 is 0 Å². The van der Waals surface area contributed by atoms with E-state index in [2.05, 4.69) is 10.2 Å². The molecule has 1 aliphatic heterocycles. The minimum Gasteiger partial charge on any atom is -0.484 e. The second-order valence-electron chi connectivity index (χ2n) is 6.65. The molecule has 8 heteroatoms. The number of carbonyl (C=O) groups is 1. The van der Waals surface area contributed by atoms with Gasteiger partial charge in [0, 0.05) is 18.1 Å². The number of ether oxygens (including phenoxy) is 1. The molecule has 1 unspecified atom stereocenters. The van der Waals surface area contributed by atoms with Crippen molar-refractivity contribution in [3.8, 4) is 5.75 Å². The number of halogens is 1. The molecule has 1 atom stereocenters. The van der Waals surface area contributed by atoms with Crippen LogP contribution >= 0.6 is 23.4 Å². The number of thioether (sulfide) groups is 1. The Kier molecular flexibility index (Phi) is 6.36. The zero-order chi connectivity index (χ0) is 20.1. The first kappa shape index (κ1) is 19.8. The molecule has 6 nitrogen and oxygen atoms in total. The summed E-state index contributed by atoms with van der Waals surface area (Å²) in [5, 5.41) is 8.70. The van der Waals surface area contributed by atoms with E-state index in [-0.39, 0.29) is 12.5 Å². The smallest absolute Gasteiger partial charge is 0.277 e. The van der Waals surface area contributed by atoms with Crippen molar-refractivity contribution in [2.75, 3.05) is 13.1 Å². The molecular weight excluding hydrogens is 410 g/mol. The molecule has 0 bridgehead atoms. The molecule has 0 aliphatic carbocycles. The zero-order valence-electron chi connectivity index (χ0n) is 15.7. The second-order valence-corrected chi connectivity index (χ2v) is 8.14. The van der Waals surface area contributed by atoms with Crippen molar-refractivity contribution in [2.45, 2.75) is 29.9 Å². The summed E-state index contributed by atoms with van der Waals surface area (Å²) in [6.45, 7) is 1.74. The highest BCUT2D eigenvalue weighted by Gasteiger charge is 2.30. The maximum Gasteiger partial charge on any atom is 0.277 e. The van der Waals surface area contributed by atoms with Crippen molar-refractivity contribution in [3.63, 3.8) is 0 Å². The highest BCUT2D eigenvalue weighted by molar-refractivity contribution is 8.00. The summed E-state index contributed by atoms with van der Waals surface area (Å²) in [4.78, 5) is 15.0. The fourth-order valence-electron chi connectivity index (χ4n) is 3.11. The molecular formula is C21H20ClN3O3S. The topological polar surface area (TPSA) is 68.5 Å². The van der Waals surface area contributed by atoms with Crippen LogP contribution in [0.5, 0.6) is 5.75 Å². The normalized spacial score (nSPS) is 14.7. The average molecular weight is 430 g/mol. The van der Waals surface area contributed by atoms with Crippen molar-refractivity contribution >= 4 is 29.3 Å². The minimum atomic E-state index is -0.417. The molecule has 4 rings (SSSR count). The van der Waals surface area contributed by atoms with Gasteiger partial charge in [0.25, 0.3) is 11.1 Å². The third kappa shape index (κ3) is 5.10. The van der Waals surface area contributed by atoms with Gasteiger partial charge in [-0.15, -0.1) is 10.2 Å². The van der Waals surface area contributed by atoms with Gasteiger partial charge in [0.05, 0.1) is 0 Å². The number of likely N-dealkylation sites (tertiary alicyclic amines) is 1. The van der Waals surface area contributed by atoms with Crippen LogP contribution in [0.15, 0.2) is 64.2 Å². The summed E-state index contributed by atoms with van der Waals surface area (Å²) in [7, 11) is 0. The predicted octanol–water partition coefficient (Wildman–Crippen LogP) is 4.76. The van der Waals surface area contributed by atoms with E-state index >= 15 is 0 Å². The average Bonchev–Trinajstić information content (AvgIpc) is 3.44. The summed E-state index contributed by atoms with van der Waals surface area (Å²) in [6.07, 6.45) is 2.09. The molecule has 0 N–H and O–H groups in total. The molecule has 1 amide bonds. The second kappa shape index (κ2) is 9.33. The summed E-state index contributed by atoms with van der Waals surface area (Å²) in [5.41, 5.74) is 0.923. The molecule has 29 heavy (non-hydrogen) atoms. The van der Waals surface area contributed by atoms with Crippen LogP contribution in [0.25, 0.3) is 0 Å². The van der Waals surface area contributed by atoms with Crippen LogP contribution in [0.3, 0.4) is 0 Å². The van der Waals surface area contributed by atoms with Crippen molar-refractivity contribution in [3.05, 3.63) is 71.1 Å². The van der Waals surface area contributed by atoms with E-state index in [1.807, 2.05) is 35.2 Å². The van der Waals surface area contributed by atoms with Crippen molar-refractivity contribution < 1.29 is 13.9 Å². The molecule has 0 radical (unpaired) electrons. The van der Waals surface area contributed by atoms with Crippen LogP contribution in [-0.2, 0) is 11.4 Å². The molecule has 2 aromatic carbocycles. The van der Waals surface area contributed by atoms with E-state index < -0.39 is 5.25 Å². The van der Waals surface area contributed by atoms with Crippen LogP contribution in [0.2, 0.25) is 5.02 Å². The Morgan fingerprint density at radius 3 is 2.55 bits per heavy atom. The molecule has 0 saturated carbocycles. The lowest BCUT2D eigenvalue weighted by Crippen LogP contribution is -2.31. The number of hydrogen-bond donors (Lipinski definition) is 0. The van der Waals surface area contributed by atoms with Crippen LogP contribution in [0.1, 0.15) is 29.5 Å². The van der Waals surface area contributed by atoms with Gasteiger partial charge in [0.1, 0.15) is 11.0 Å². The number of carbonyl (C=O) groups excluding carboxylic acids is 1. The van der Waals surface area contributed by atoms with E-state index in [0.29, 0.717) is 21.9 Å². The summed E-state index contributed by atoms with van der Waals surface area (Å²) in [6, 6.07) is 16.7. The van der Waals surface area contributed by atoms with Gasteiger partial charge in [0.15, 0.2) is 6.61 Å². The monoisotopic (exact) mass is 429 g/mol. The number of amides is 1. The Bertz CT molecular complexity index is 943. The van der Waals surface area contributed by atoms with Gasteiger partial charge in [-0.05, 0) is 54.4 Å². The summed E-state index contributed by atoms with van der Waals surface area (Å²) >= 11 is 7.15. The van der Waals surface area contributed by atoms with Crippen LogP contribution < -0.4 is 4.74 Å². The highest BCUT2D eigenvalue weighted by Crippen LogP contribution is 2.36. The van der Waals surface area contributed by atoms with Gasteiger partial charge < -0.3 is 14.1 Å². The number of nitrogens with zero attached hydrogens (tertiary/aromatic N) is 3. The van der Waals surface area contributed by atoms with Gasteiger partial charge in [-0.1, -0.05) is 41.9 Å². The van der Waals surface area contributed by atoms with Gasteiger partial charge in [-0.3, -0.25) is 4.79 Å². The van der Waals surface area contributed by atoms with E-state index in [1.165, 1.54) is 11.8 Å². The third-order valence-corrected chi connectivity index (χ3v) is 5.92. The van der Waals surface area contributed by atoms with Crippen molar-refractivity contribution in [2.24, 2.45) is 0 Å². The summed E-state index contributed by atoms with van der Waals surface area (Å²) < 4.78 is 11.4. The molecule has 3 aromatic rings. The van der Waals surface area contributed by atoms with Crippen molar-refractivity contribution in [1.82, 2.24) is 15.1 Å². The Labute approximate surface area is 178 Å².